The van der Waals surface area contributed by atoms with Gasteiger partial charge in [0.1, 0.15) is 0 Å². The van der Waals surface area contributed by atoms with E-state index in [0.29, 0.717) is 5.92 Å². The van der Waals surface area contributed by atoms with Crippen LogP contribution in [0.25, 0.3) is 0 Å². The minimum atomic E-state index is 0.444. The number of hydrogen-bond acceptors (Lipinski definition) is 2. The lowest BCUT2D eigenvalue weighted by molar-refractivity contribution is 0.866. The van der Waals surface area contributed by atoms with Gasteiger partial charge in [0.15, 0.2) is 0 Å². The molecule has 1 heterocycles. The maximum Gasteiger partial charge on any atom is 0.0563 e. The Balaban J connectivity index is 2.66. The quantitative estimate of drug-likeness (QED) is 0.518. The second-order valence-corrected chi connectivity index (χ2v) is 2.99. The molecule has 1 aromatic heterocycles. The zero-order chi connectivity index (χ0) is 7.40. The van der Waals surface area contributed by atoms with E-state index in [1.807, 2.05) is 5.38 Å². The first-order chi connectivity index (χ1) is 4.79. The average molecular weight is 151 g/mol. The molecule has 10 heavy (non-hydrogen) atoms. The predicted molar refractivity (Wildman–Crippen MR) is 43.8 cm³/mol. The molecule has 0 N–H and O–H groups in total. The third kappa shape index (κ3) is 2.20. The molecule has 0 aliphatic heterocycles. The zero-order valence-electron chi connectivity index (χ0n) is 6.09. The summed E-state index contributed by atoms with van der Waals surface area (Å²) in [4.78, 5) is 0. The van der Waals surface area contributed by atoms with E-state index in [-0.39, 0.29) is 0 Å². The van der Waals surface area contributed by atoms with E-state index < -0.39 is 0 Å². The number of rotatable bonds is 0. The summed E-state index contributed by atoms with van der Waals surface area (Å²) >= 11 is 1.44. The average Bonchev–Trinajstić information content (AvgIpc) is 2.34. The van der Waals surface area contributed by atoms with Gasteiger partial charge in [0.05, 0.1) is 11.8 Å². The van der Waals surface area contributed by atoms with Crippen LogP contribution in [0.15, 0.2) is 11.6 Å². The van der Waals surface area contributed by atoms with Gasteiger partial charge >= 0.3 is 0 Å². The fourth-order valence-corrected chi connectivity index (χ4v) is 0.963. The van der Waals surface area contributed by atoms with Gasteiger partial charge in [0.2, 0.25) is 0 Å². The summed E-state index contributed by atoms with van der Waals surface area (Å²) in [6, 6.07) is 0. The Hall–Kier alpha value is -0.810. The Morgan fingerprint density at radius 1 is 1.60 bits per heavy atom. The van der Waals surface area contributed by atoms with Crippen LogP contribution in [0.4, 0.5) is 0 Å². The highest BCUT2D eigenvalue weighted by Gasteiger charge is 1.86. The van der Waals surface area contributed by atoms with Crippen LogP contribution >= 0.6 is 11.5 Å². The highest BCUT2D eigenvalue weighted by molar-refractivity contribution is 7.03. The smallest absolute Gasteiger partial charge is 0.0563 e. The Morgan fingerprint density at radius 3 is 2.90 bits per heavy atom. The maximum absolute atomic E-state index is 3.94. The van der Waals surface area contributed by atoms with Crippen LogP contribution in [0.1, 0.15) is 19.4 Å². The highest BCUT2D eigenvalue weighted by atomic mass is 32.1. The van der Waals surface area contributed by atoms with Crippen molar-refractivity contribution in [1.29, 1.82) is 0 Å². The van der Waals surface area contributed by atoms with E-state index in [1.54, 1.807) is 6.20 Å². The Kier molecular flexibility index (Phi) is 2.47. The monoisotopic (exact) mass is 151 g/mol. The van der Waals surface area contributed by atoms with Crippen LogP contribution in [-0.2, 0) is 0 Å². The van der Waals surface area contributed by atoms with E-state index in [1.165, 1.54) is 11.5 Å². The Bertz CT molecular complexity index is 238. The van der Waals surface area contributed by atoms with E-state index in [4.69, 9.17) is 0 Å². The lowest BCUT2D eigenvalue weighted by Gasteiger charge is -1.84. The molecule has 0 bridgehead atoms. The minimum Gasteiger partial charge on any atom is -0.200 e. The first-order valence-corrected chi connectivity index (χ1v) is 4.03. The van der Waals surface area contributed by atoms with E-state index in [2.05, 4.69) is 30.1 Å². The standard InChI is InChI=1S/C8H9NS/c1-7(2)3-4-8-5-9-10-6-8/h5-7H,1-2H3. The molecule has 0 spiro atoms. The molecule has 1 aromatic rings. The third-order valence-electron chi connectivity index (χ3n) is 0.938. The molecule has 1 rings (SSSR count). The lowest BCUT2D eigenvalue weighted by Crippen LogP contribution is -1.77. The number of hydrogen-bond donors (Lipinski definition) is 0. The Labute approximate surface area is 65.3 Å². The molecule has 0 atom stereocenters. The van der Waals surface area contributed by atoms with E-state index in [0.717, 1.165) is 5.56 Å². The normalized spacial score (nSPS) is 9.10. The fraction of sp³-hybridized carbons (Fsp3) is 0.375. The van der Waals surface area contributed by atoms with Crippen molar-refractivity contribution < 1.29 is 0 Å². The summed E-state index contributed by atoms with van der Waals surface area (Å²) in [6.07, 6.45) is 1.79. The van der Waals surface area contributed by atoms with Gasteiger partial charge < -0.3 is 0 Å². The molecule has 0 saturated carbocycles. The summed E-state index contributed by atoms with van der Waals surface area (Å²) < 4.78 is 3.94. The highest BCUT2D eigenvalue weighted by Crippen LogP contribution is 1.99. The van der Waals surface area contributed by atoms with Crippen molar-refractivity contribution in [3.05, 3.63) is 17.1 Å². The third-order valence-corrected chi connectivity index (χ3v) is 1.52. The fourth-order valence-electron chi connectivity index (χ4n) is 0.494. The summed E-state index contributed by atoms with van der Waals surface area (Å²) in [6.45, 7) is 4.15. The minimum absolute atomic E-state index is 0.444. The van der Waals surface area contributed by atoms with Crippen molar-refractivity contribution in [3.8, 4) is 11.8 Å². The number of aromatic nitrogens is 1. The lowest BCUT2D eigenvalue weighted by atomic mass is 10.2. The van der Waals surface area contributed by atoms with Crippen molar-refractivity contribution in [2.45, 2.75) is 13.8 Å². The van der Waals surface area contributed by atoms with Crippen molar-refractivity contribution >= 4 is 11.5 Å². The molecule has 0 aliphatic carbocycles. The Morgan fingerprint density at radius 2 is 2.40 bits per heavy atom. The molecule has 52 valence electrons. The first kappa shape index (κ1) is 7.30. The molecular weight excluding hydrogens is 142 g/mol. The molecule has 2 heteroatoms. The summed E-state index contributed by atoms with van der Waals surface area (Å²) in [7, 11) is 0. The molecule has 0 amide bonds. The molecule has 0 fully saturated rings. The van der Waals surface area contributed by atoms with Gasteiger partial charge in [-0.3, -0.25) is 0 Å². The molecule has 0 unspecified atom stereocenters. The van der Waals surface area contributed by atoms with E-state index >= 15 is 0 Å². The van der Waals surface area contributed by atoms with Crippen molar-refractivity contribution in [2.24, 2.45) is 5.92 Å². The van der Waals surface area contributed by atoms with Crippen LogP contribution in [0, 0.1) is 17.8 Å². The molecule has 0 aromatic carbocycles. The van der Waals surface area contributed by atoms with Crippen LogP contribution < -0.4 is 0 Å². The summed E-state index contributed by atoms with van der Waals surface area (Å²) in [5, 5.41) is 1.95. The first-order valence-electron chi connectivity index (χ1n) is 3.20. The second kappa shape index (κ2) is 3.38. The molecule has 0 saturated heterocycles. The second-order valence-electron chi connectivity index (χ2n) is 2.34. The van der Waals surface area contributed by atoms with Crippen LogP contribution in [0.3, 0.4) is 0 Å². The molecule has 1 nitrogen and oxygen atoms in total. The SMILES string of the molecule is CC(C)C#Cc1cnsc1. The molecule has 0 aliphatic rings. The molecular formula is C8H9NS. The topological polar surface area (TPSA) is 12.9 Å². The van der Waals surface area contributed by atoms with Crippen molar-refractivity contribution in [3.63, 3.8) is 0 Å². The largest absolute Gasteiger partial charge is 0.200 e. The van der Waals surface area contributed by atoms with Gasteiger partial charge in [-0.2, -0.15) is 4.37 Å². The van der Waals surface area contributed by atoms with Gasteiger partial charge in [0.25, 0.3) is 0 Å². The van der Waals surface area contributed by atoms with Crippen LogP contribution in [-0.4, -0.2) is 4.37 Å². The van der Waals surface area contributed by atoms with Crippen LogP contribution in [0.5, 0.6) is 0 Å². The molecule has 0 radical (unpaired) electrons. The van der Waals surface area contributed by atoms with Gasteiger partial charge in [-0.1, -0.05) is 25.7 Å². The summed E-state index contributed by atoms with van der Waals surface area (Å²) in [5.41, 5.74) is 1.03. The van der Waals surface area contributed by atoms with Gasteiger partial charge in [-0.15, -0.1) is 0 Å². The van der Waals surface area contributed by atoms with Gasteiger partial charge in [0, 0.05) is 11.3 Å². The zero-order valence-corrected chi connectivity index (χ0v) is 6.90. The van der Waals surface area contributed by atoms with E-state index in [9.17, 15) is 0 Å². The van der Waals surface area contributed by atoms with Gasteiger partial charge in [-0.25, -0.2) is 0 Å². The van der Waals surface area contributed by atoms with Gasteiger partial charge in [-0.05, 0) is 11.5 Å². The van der Waals surface area contributed by atoms with Crippen LogP contribution in [0.2, 0.25) is 0 Å². The number of nitrogens with zero attached hydrogens (tertiary/aromatic N) is 1. The summed E-state index contributed by atoms with van der Waals surface area (Å²) in [5.74, 6) is 6.53. The maximum atomic E-state index is 3.94. The van der Waals surface area contributed by atoms with Crippen molar-refractivity contribution in [1.82, 2.24) is 4.37 Å². The van der Waals surface area contributed by atoms with Crippen molar-refractivity contribution in [2.75, 3.05) is 0 Å². The predicted octanol–water partition coefficient (Wildman–Crippen LogP) is 2.15.